The fourth-order valence-corrected chi connectivity index (χ4v) is 3.16. The van der Waals surface area contributed by atoms with Gasteiger partial charge in [-0.25, -0.2) is 0 Å². The molecular formula is C18H17Cl2NO. The second kappa shape index (κ2) is 6.31. The molecule has 3 unspecified atom stereocenters. The average Bonchev–Trinajstić information content (AvgIpc) is 3.28. The summed E-state index contributed by atoms with van der Waals surface area (Å²) in [5.41, 5.74) is 2.12. The van der Waals surface area contributed by atoms with Crippen LogP contribution in [0, 0.1) is 5.92 Å². The number of benzene rings is 2. The number of carbonyl (C=O) groups is 1. The van der Waals surface area contributed by atoms with Gasteiger partial charge in [-0.1, -0.05) is 53.5 Å². The maximum absolute atomic E-state index is 12.4. The SMILES string of the molecule is CC(NC(=O)C1CC1c1ccccc1Cl)c1ccc(Cl)cc1. The van der Waals surface area contributed by atoms with Crippen LogP contribution in [0.5, 0.6) is 0 Å². The molecule has 22 heavy (non-hydrogen) atoms. The lowest BCUT2D eigenvalue weighted by Gasteiger charge is -2.14. The van der Waals surface area contributed by atoms with Gasteiger partial charge in [0.1, 0.15) is 0 Å². The highest BCUT2D eigenvalue weighted by Gasteiger charge is 2.45. The van der Waals surface area contributed by atoms with Crippen molar-refractivity contribution < 1.29 is 4.79 Å². The van der Waals surface area contributed by atoms with Gasteiger partial charge in [-0.05, 0) is 48.6 Å². The van der Waals surface area contributed by atoms with Crippen LogP contribution in [-0.4, -0.2) is 5.91 Å². The smallest absolute Gasteiger partial charge is 0.224 e. The van der Waals surface area contributed by atoms with Crippen molar-refractivity contribution in [1.29, 1.82) is 0 Å². The average molecular weight is 334 g/mol. The van der Waals surface area contributed by atoms with E-state index in [9.17, 15) is 4.79 Å². The fourth-order valence-electron chi connectivity index (χ4n) is 2.76. The second-order valence-corrected chi connectivity index (χ2v) is 6.60. The molecule has 1 aliphatic rings. The molecule has 3 rings (SSSR count). The van der Waals surface area contributed by atoms with E-state index in [1.54, 1.807) is 0 Å². The molecule has 0 aromatic heterocycles. The number of hydrogen-bond acceptors (Lipinski definition) is 1. The Kier molecular flexibility index (Phi) is 4.42. The van der Waals surface area contributed by atoms with Crippen molar-refractivity contribution in [2.45, 2.75) is 25.3 Å². The molecule has 0 spiro atoms. The number of rotatable bonds is 4. The predicted octanol–water partition coefficient (Wildman–Crippen LogP) is 4.97. The topological polar surface area (TPSA) is 29.1 Å². The molecule has 4 heteroatoms. The van der Waals surface area contributed by atoms with Crippen molar-refractivity contribution in [3.05, 3.63) is 69.7 Å². The molecule has 1 N–H and O–H groups in total. The van der Waals surface area contributed by atoms with Gasteiger partial charge in [-0.3, -0.25) is 4.79 Å². The zero-order valence-electron chi connectivity index (χ0n) is 12.2. The minimum absolute atomic E-state index is 0.0228. The summed E-state index contributed by atoms with van der Waals surface area (Å²) in [6.07, 6.45) is 0.864. The van der Waals surface area contributed by atoms with Gasteiger partial charge in [0.15, 0.2) is 0 Å². The van der Waals surface area contributed by atoms with E-state index in [2.05, 4.69) is 5.32 Å². The van der Waals surface area contributed by atoms with E-state index in [0.717, 1.165) is 22.6 Å². The predicted molar refractivity (Wildman–Crippen MR) is 90.3 cm³/mol. The van der Waals surface area contributed by atoms with E-state index in [1.165, 1.54) is 0 Å². The van der Waals surface area contributed by atoms with Crippen LogP contribution in [0.1, 0.15) is 36.4 Å². The van der Waals surface area contributed by atoms with Crippen molar-refractivity contribution in [1.82, 2.24) is 5.32 Å². The number of nitrogens with one attached hydrogen (secondary N) is 1. The largest absolute Gasteiger partial charge is 0.349 e. The molecule has 2 nitrogen and oxygen atoms in total. The Morgan fingerprint density at radius 3 is 2.50 bits per heavy atom. The molecule has 1 aliphatic carbocycles. The zero-order chi connectivity index (χ0) is 15.7. The Balaban J connectivity index is 1.62. The van der Waals surface area contributed by atoms with Gasteiger partial charge in [-0.15, -0.1) is 0 Å². The van der Waals surface area contributed by atoms with Gasteiger partial charge in [0, 0.05) is 16.0 Å². The minimum atomic E-state index is -0.0303. The Morgan fingerprint density at radius 1 is 1.14 bits per heavy atom. The first kappa shape index (κ1) is 15.4. The lowest BCUT2D eigenvalue weighted by molar-refractivity contribution is -0.123. The van der Waals surface area contributed by atoms with Crippen LogP contribution in [-0.2, 0) is 4.79 Å². The highest BCUT2D eigenvalue weighted by atomic mass is 35.5. The van der Waals surface area contributed by atoms with Gasteiger partial charge in [0.2, 0.25) is 5.91 Å². The molecule has 114 valence electrons. The van der Waals surface area contributed by atoms with Crippen molar-refractivity contribution in [3.63, 3.8) is 0 Å². The number of amides is 1. The summed E-state index contributed by atoms with van der Waals surface area (Å²) >= 11 is 12.1. The third-order valence-electron chi connectivity index (χ3n) is 4.16. The van der Waals surface area contributed by atoms with Crippen molar-refractivity contribution in [2.75, 3.05) is 0 Å². The van der Waals surface area contributed by atoms with Crippen LogP contribution in [0.3, 0.4) is 0 Å². The van der Waals surface area contributed by atoms with E-state index in [-0.39, 0.29) is 23.8 Å². The van der Waals surface area contributed by atoms with E-state index in [1.807, 2.05) is 55.5 Å². The summed E-state index contributed by atoms with van der Waals surface area (Å²) < 4.78 is 0. The Morgan fingerprint density at radius 2 is 1.82 bits per heavy atom. The Hall–Kier alpha value is -1.51. The number of halogens is 2. The lowest BCUT2D eigenvalue weighted by Crippen LogP contribution is -2.28. The Labute approximate surface area is 140 Å². The molecule has 0 heterocycles. The molecule has 3 atom stereocenters. The Bertz CT molecular complexity index is 684. The molecule has 1 fully saturated rings. The highest BCUT2D eigenvalue weighted by Crippen LogP contribution is 2.49. The molecular weight excluding hydrogens is 317 g/mol. The maximum Gasteiger partial charge on any atom is 0.224 e. The third kappa shape index (κ3) is 3.29. The summed E-state index contributed by atoms with van der Waals surface area (Å²) in [4.78, 5) is 12.4. The van der Waals surface area contributed by atoms with Gasteiger partial charge in [0.05, 0.1) is 6.04 Å². The number of hydrogen-bond donors (Lipinski definition) is 1. The summed E-state index contributed by atoms with van der Waals surface area (Å²) in [6.45, 7) is 1.98. The van der Waals surface area contributed by atoms with Crippen molar-refractivity contribution in [2.24, 2.45) is 5.92 Å². The standard InChI is InChI=1S/C18H17Cl2NO/c1-11(12-6-8-13(19)9-7-12)21-18(22)16-10-15(16)14-4-2-3-5-17(14)20/h2-9,11,15-16H,10H2,1H3,(H,21,22). The van der Waals surface area contributed by atoms with Crippen LogP contribution in [0.2, 0.25) is 10.0 Å². The first-order valence-corrected chi connectivity index (χ1v) is 8.12. The maximum atomic E-state index is 12.4. The monoisotopic (exact) mass is 333 g/mol. The third-order valence-corrected chi connectivity index (χ3v) is 4.76. The molecule has 0 radical (unpaired) electrons. The van der Waals surface area contributed by atoms with Gasteiger partial charge >= 0.3 is 0 Å². The van der Waals surface area contributed by atoms with E-state index in [0.29, 0.717) is 5.02 Å². The van der Waals surface area contributed by atoms with Gasteiger partial charge in [-0.2, -0.15) is 0 Å². The van der Waals surface area contributed by atoms with Crippen molar-refractivity contribution >= 4 is 29.1 Å². The molecule has 0 aliphatic heterocycles. The first-order chi connectivity index (χ1) is 10.6. The fraction of sp³-hybridized carbons (Fsp3) is 0.278. The summed E-state index contributed by atoms with van der Waals surface area (Å²) in [5, 5.41) is 4.51. The van der Waals surface area contributed by atoms with E-state index >= 15 is 0 Å². The molecule has 0 bridgehead atoms. The van der Waals surface area contributed by atoms with Crippen LogP contribution >= 0.6 is 23.2 Å². The van der Waals surface area contributed by atoms with Crippen LogP contribution in [0.25, 0.3) is 0 Å². The zero-order valence-corrected chi connectivity index (χ0v) is 13.7. The minimum Gasteiger partial charge on any atom is -0.349 e. The lowest BCUT2D eigenvalue weighted by atomic mass is 10.1. The van der Waals surface area contributed by atoms with E-state index < -0.39 is 0 Å². The highest BCUT2D eigenvalue weighted by molar-refractivity contribution is 6.31. The number of carbonyl (C=O) groups excluding carboxylic acids is 1. The first-order valence-electron chi connectivity index (χ1n) is 7.36. The van der Waals surface area contributed by atoms with Gasteiger partial charge in [0.25, 0.3) is 0 Å². The van der Waals surface area contributed by atoms with Crippen molar-refractivity contribution in [3.8, 4) is 0 Å². The molecule has 2 aromatic rings. The van der Waals surface area contributed by atoms with Crippen LogP contribution in [0.4, 0.5) is 0 Å². The van der Waals surface area contributed by atoms with Gasteiger partial charge < -0.3 is 5.32 Å². The van der Waals surface area contributed by atoms with Crippen LogP contribution in [0.15, 0.2) is 48.5 Å². The molecule has 2 aromatic carbocycles. The summed E-state index contributed by atoms with van der Waals surface area (Å²) in [6, 6.07) is 15.3. The van der Waals surface area contributed by atoms with E-state index in [4.69, 9.17) is 23.2 Å². The molecule has 0 saturated heterocycles. The van der Waals surface area contributed by atoms with Crippen LogP contribution < -0.4 is 5.32 Å². The summed E-state index contributed by atoms with van der Waals surface area (Å²) in [7, 11) is 0. The summed E-state index contributed by atoms with van der Waals surface area (Å²) in [5.74, 6) is 0.355. The normalized spacial score (nSPS) is 21.2. The molecule has 1 saturated carbocycles. The second-order valence-electron chi connectivity index (χ2n) is 5.75. The quantitative estimate of drug-likeness (QED) is 0.840. The molecule has 1 amide bonds.